The van der Waals surface area contributed by atoms with Crippen molar-refractivity contribution in [2.75, 3.05) is 5.75 Å². The first-order valence-electron chi connectivity index (χ1n) is 5.78. The van der Waals surface area contributed by atoms with Gasteiger partial charge in [0.1, 0.15) is 0 Å². The maximum absolute atomic E-state index is 12.0. The van der Waals surface area contributed by atoms with Crippen molar-refractivity contribution in [3.05, 3.63) is 71.3 Å². The van der Waals surface area contributed by atoms with E-state index in [-0.39, 0.29) is 10.6 Å². The number of benzene rings is 2. The van der Waals surface area contributed by atoms with Crippen molar-refractivity contribution in [3.8, 4) is 0 Å². The molecule has 0 saturated carbocycles. The molecule has 0 atom stereocenters. The predicted molar refractivity (Wildman–Crippen MR) is 79.0 cm³/mol. The van der Waals surface area contributed by atoms with Crippen molar-refractivity contribution in [3.63, 3.8) is 0 Å². The van der Waals surface area contributed by atoms with Crippen LogP contribution < -0.4 is 0 Å². The number of hydrogen-bond donors (Lipinski definition) is 0. The van der Waals surface area contributed by atoms with Gasteiger partial charge in [-0.1, -0.05) is 54.1 Å². The minimum absolute atomic E-state index is 0.0243. The number of sulfone groups is 1. The number of rotatable bonds is 4. The van der Waals surface area contributed by atoms with Crippen LogP contribution in [0.1, 0.15) is 5.56 Å². The Kier molecular flexibility index (Phi) is 4.40. The summed E-state index contributed by atoms with van der Waals surface area (Å²) in [5.41, 5.74) is 0.980. The molecule has 0 amide bonds. The summed E-state index contributed by atoms with van der Waals surface area (Å²) < 4.78 is 24.1. The summed E-state index contributed by atoms with van der Waals surface area (Å²) in [7, 11) is -3.29. The molecule has 0 unspecified atom stereocenters. The van der Waals surface area contributed by atoms with Crippen LogP contribution in [0, 0.1) is 0 Å². The van der Waals surface area contributed by atoms with Gasteiger partial charge in [0.2, 0.25) is 0 Å². The smallest absolute Gasteiger partial charge is 0.181 e. The first-order valence-corrected chi connectivity index (χ1v) is 7.81. The van der Waals surface area contributed by atoms with Crippen molar-refractivity contribution in [2.45, 2.75) is 4.90 Å². The van der Waals surface area contributed by atoms with Gasteiger partial charge < -0.3 is 0 Å². The van der Waals surface area contributed by atoms with Gasteiger partial charge in [-0.05, 0) is 29.8 Å². The molecule has 0 aliphatic heterocycles. The molecule has 0 radical (unpaired) electrons. The van der Waals surface area contributed by atoms with E-state index in [2.05, 4.69) is 0 Å². The summed E-state index contributed by atoms with van der Waals surface area (Å²) in [6.45, 7) is 0. The quantitative estimate of drug-likeness (QED) is 0.858. The second kappa shape index (κ2) is 6.04. The van der Waals surface area contributed by atoms with E-state index in [9.17, 15) is 8.42 Å². The van der Waals surface area contributed by atoms with Gasteiger partial charge in [-0.2, -0.15) is 0 Å². The SMILES string of the molecule is O=S(=O)(CC=Cc1ccccc1)c1ccc(Cl)cc1. The van der Waals surface area contributed by atoms with Crippen molar-refractivity contribution < 1.29 is 8.42 Å². The monoisotopic (exact) mass is 292 g/mol. The van der Waals surface area contributed by atoms with E-state index in [4.69, 9.17) is 11.6 Å². The summed E-state index contributed by atoms with van der Waals surface area (Å²) in [5, 5.41) is 0.527. The average molecular weight is 293 g/mol. The fraction of sp³-hybridized carbons (Fsp3) is 0.0667. The zero-order valence-electron chi connectivity index (χ0n) is 10.2. The third-order valence-corrected chi connectivity index (χ3v) is 4.47. The molecule has 0 fully saturated rings. The predicted octanol–water partition coefficient (Wildman–Crippen LogP) is 3.83. The molecule has 2 aromatic rings. The Morgan fingerprint density at radius 3 is 2.21 bits per heavy atom. The van der Waals surface area contributed by atoms with Gasteiger partial charge in [0.05, 0.1) is 10.6 Å². The number of halogens is 1. The highest BCUT2D eigenvalue weighted by molar-refractivity contribution is 7.91. The first-order chi connectivity index (χ1) is 9.08. The average Bonchev–Trinajstić information content (AvgIpc) is 2.40. The Hall–Kier alpha value is -1.58. The molecule has 2 nitrogen and oxygen atoms in total. The van der Waals surface area contributed by atoms with E-state index < -0.39 is 9.84 Å². The molecule has 0 aromatic heterocycles. The summed E-state index contributed by atoms with van der Waals surface area (Å²) in [4.78, 5) is 0.287. The van der Waals surface area contributed by atoms with Gasteiger partial charge in [0.25, 0.3) is 0 Å². The van der Waals surface area contributed by atoms with Crippen LogP contribution >= 0.6 is 11.6 Å². The molecule has 0 heterocycles. The van der Waals surface area contributed by atoms with Gasteiger partial charge in [-0.3, -0.25) is 0 Å². The summed E-state index contributed by atoms with van der Waals surface area (Å²) >= 11 is 5.74. The fourth-order valence-corrected chi connectivity index (χ4v) is 2.83. The molecule has 98 valence electrons. The highest BCUT2D eigenvalue weighted by atomic mass is 35.5. The lowest BCUT2D eigenvalue weighted by molar-refractivity contribution is 0.599. The lowest BCUT2D eigenvalue weighted by atomic mass is 10.2. The molecule has 0 saturated heterocycles. The van der Waals surface area contributed by atoms with E-state index in [1.165, 1.54) is 12.1 Å². The standard InChI is InChI=1S/C15H13ClO2S/c16-14-8-10-15(11-9-14)19(17,18)12-4-7-13-5-2-1-3-6-13/h1-11H,12H2. The van der Waals surface area contributed by atoms with E-state index in [0.29, 0.717) is 5.02 Å². The molecule has 19 heavy (non-hydrogen) atoms. The van der Waals surface area contributed by atoms with Crippen LogP contribution in [0.25, 0.3) is 6.08 Å². The minimum atomic E-state index is -3.29. The van der Waals surface area contributed by atoms with Gasteiger partial charge >= 0.3 is 0 Å². The van der Waals surface area contributed by atoms with Crippen LogP contribution in [0.5, 0.6) is 0 Å². The molecule has 0 aliphatic rings. The maximum atomic E-state index is 12.0. The molecule has 0 aliphatic carbocycles. The largest absolute Gasteiger partial charge is 0.223 e. The van der Waals surface area contributed by atoms with Crippen molar-refractivity contribution in [1.29, 1.82) is 0 Å². The summed E-state index contributed by atoms with van der Waals surface area (Å²) in [5.74, 6) is -0.0243. The Labute approximate surface area is 118 Å². The van der Waals surface area contributed by atoms with Crippen molar-refractivity contribution >= 4 is 27.5 Å². The Balaban J connectivity index is 2.10. The molecule has 0 N–H and O–H groups in total. The van der Waals surface area contributed by atoms with Gasteiger partial charge in [-0.15, -0.1) is 0 Å². The molecular weight excluding hydrogens is 280 g/mol. The van der Waals surface area contributed by atoms with Crippen LogP contribution in [0.15, 0.2) is 65.6 Å². The fourth-order valence-electron chi connectivity index (χ4n) is 1.61. The van der Waals surface area contributed by atoms with Crippen LogP contribution in [-0.4, -0.2) is 14.2 Å². The van der Waals surface area contributed by atoms with Crippen molar-refractivity contribution in [2.24, 2.45) is 0 Å². The second-order valence-electron chi connectivity index (χ2n) is 4.05. The molecule has 2 aromatic carbocycles. The first kappa shape index (κ1) is 13.8. The van der Waals surface area contributed by atoms with E-state index in [1.54, 1.807) is 24.3 Å². The zero-order chi connectivity index (χ0) is 13.7. The normalized spacial score (nSPS) is 11.8. The van der Waals surface area contributed by atoms with Gasteiger partial charge in [-0.25, -0.2) is 8.42 Å². The minimum Gasteiger partial charge on any atom is -0.223 e. The summed E-state index contributed by atoms with van der Waals surface area (Å²) in [6.07, 6.45) is 3.45. The van der Waals surface area contributed by atoms with Gasteiger partial charge in [0.15, 0.2) is 9.84 Å². The van der Waals surface area contributed by atoms with Crippen LogP contribution in [-0.2, 0) is 9.84 Å². The Bertz CT molecular complexity index is 659. The highest BCUT2D eigenvalue weighted by Gasteiger charge is 2.11. The molecule has 0 spiro atoms. The third-order valence-electron chi connectivity index (χ3n) is 2.60. The van der Waals surface area contributed by atoms with E-state index >= 15 is 0 Å². The molecule has 0 bridgehead atoms. The van der Waals surface area contributed by atoms with E-state index in [1.807, 2.05) is 30.3 Å². The highest BCUT2D eigenvalue weighted by Crippen LogP contribution is 2.15. The molecule has 2 rings (SSSR count). The Morgan fingerprint density at radius 1 is 0.947 bits per heavy atom. The number of hydrogen-bond acceptors (Lipinski definition) is 2. The van der Waals surface area contributed by atoms with Crippen molar-refractivity contribution in [1.82, 2.24) is 0 Å². The second-order valence-corrected chi connectivity index (χ2v) is 6.52. The van der Waals surface area contributed by atoms with E-state index in [0.717, 1.165) is 5.56 Å². The zero-order valence-corrected chi connectivity index (χ0v) is 11.7. The van der Waals surface area contributed by atoms with Crippen LogP contribution in [0.2, 0.25) is 5.02 Å². The Morgan fingerprint density at radius 2 is 1.58 bits per heavy atom. The lowest BCUT2D eigenvalue weighted by Crippen LogP contribution is -2.04. The molecular formula is C15H13ClO2S. The summed E-state index contributed by atoms with van der Waals surface area (Å²) in [6, 6.07) is 15.8. The van der Waals surface area contributed by atoms with Gasteiger partial charge in [0, 0.05) is 5.02 Å². The maximum Gasteiger partial charge on any atom is 0.181 e. The third kappa shape index (κ3) is 3.94. The molecule has 4 heteroatoms. The van der Waals surface area contributed by atoms with Crippen LogP contribution in [0.3, 0.4) is 0 Å². The lowest BCUT2D eigenvalue weighted by Gasteiger charge is -2.01. The topological polar surface area (TPSA) is 34.1 Å². The van der Waals surface area contributed by atoms with Crippen LogP contribution in [0.4, 0.5) is 0 Å².